The Labute approximate surface area is 189 Å². The van der Waals surface area contributed by atoms with Crippen LogP contribution in [-0.2, 0) is 0 Å². The van der Waals surface area contributed by atoms with Crippen LogP contribution in [0.2, 0.25) is 0 Å². The molecule has 164 valence electrons. The number of furan rings is 2. The molecule has 0 saturated heterocycles. The molecule has 0 aliphatic carbocycles. The third-order valence-corrected chi connectivity index (χ3v) is 5.67. The Morgan fingerprint density at radius 1 is 0.909 bits per heavy atom. The molecule has 1 N–H and O–H groups in total. The molecule has 5 rings (SSSR count). The largest absolute Gasteiger partial charge is 0.493 e. The molecule has 0 saturated carbocycles. The number of anilines is 1. The molecule has 0 aliphatic heterocycles. The Morgan fingerprint density at radius 3 is 2.45 bits per heavy atom. The summed E-state index contributed by atoms with van der Waals surface area (Å²) < 4.78 is 16.9. The third kappa shape index (κ3) is 3.65. The van der Waals surface area contributed by atoms with Gasteiger partial charge in [0, 0.05) is 33.7 Å². The summed E-state index contributed by atoms with van der Waals surface area (Å²) in [6, 6.07) is 19.8. The average molecular weight is 439 g/mol. The number of amides is 1. The number of ketones is 1. The van der Waals surface area contributed by atoms with E-state index < -0.39 is 5.91 Å². The van der Waals surface area contributed by atoms with Crippen molar-refractivity contribution in [3.8, 4) is 5.75 Å². The van der Waals surface area contributed by atoms with E-state index in [0.717, 1.165) is 21.9 Å². The molecule has 3 aromatic carbocycles. The number of fused-ring (bicyclic) bond motifs is 2. The third-order valence-electron chi connectivity index (χ3n) is 5.67. The van der Waals surface area contributed by atoms with Crippen LogP contribution in [-0.4, -0.2) is 18.8 Å². The fourth-order valence-corrected chi connectivity index (χ4v) is 3.86. The lowest BCUT2D eigenvalue weighted by atomic mass is 10.0. The number of rotatable bonds is 5. The van der Waals surface area contributed by atoms with Crippen molar-refractivity contribution in [2.75, 3.05) is 12.4 Å². The maximum absolute atomic E-state index is 12.9. The van der Waals surface area contributed by atoms with Crippen molar-refractivity contribution in [3.05, 3.63) is 94.9 Å². The van der Waals surface area contributed by atoms with Crippen LogP contribution >= 0.6 is 0 Å². The van der Waals surface area contributed by atoms with Gasteiger partial charge in [0.25, 0.3) is 5.91 Å². The second-order valence-electron chi connectivity index (χ2n) is 7.91. The van der Waals surface area contributed by atoms with Crippen LogP contribution in [0.4, 0.5) is 5.69 Å². The van der Waals surface area contributed by atoms with Gasteiger partial charge in [-0.3, -0.25) is 9.59 Å². The number of methoxy groups -OCH3 is 1. The van der Waals surface area contributed by atoms with Crippen molar-refractivity contribution in [2.45, 2.75) is 13.8 Å². The van der Waals surface area contributed by atoms with Gasteiger partial charge < -0.3 is 18.9 Å². The lowest BCUT2D eigenvalue weighted by Crippen LogP contribution is -2.10. The van der Waals surface area contributed by atoms with Gasteiger partial charge >= 0.3 is 0 Å². The highest BCUT2D eigenvalue weighted by Crippen LogP contribution is 2.31. The van der Waals surface area contributed by atoms with Crippen molar-refractivity contribution < 1.29 is 23.2 Å². The molecular formula is C27H21NO5. The highest BCUT2D eigenvalue weighted by atomic mass is 16.5. The molecule has 0 fully saturated rings. The Kier molecular flexibility index (Phi) is 4.98. The lowest BCUT2D eigenvalue weighted by Gasteiger charge is -2.03. The molecule has 33 heavy (non-hydrogen) atoms. The summed E-state index contributed by atoms with van der Waals surface area (Å²) in [4.78, 5) is 25.7. The highest BCUT2D eigenvalue weighted by molar-refractivity contribution is 6.11. The maximum atomic E-state index is 12.9. The van der Waals surface area contributed by atoms with E-state index in [0.29, 0.717) is 33.9 Å². The molecule has 0 radical (unpaired) electrons. The monoisotopic (exact) mass is 439 g/mol. The number of nitrogens with one attached hydrogen (secondary N) is 1. The number of aryl methyl sites for hydroxylation is 2. The first kappa shape index (κ1) is 20.6. The molecule has 1 amide bonds. The van der Waals surface area contributed by atoms with E-state index in [2.05, 4.69) is 5.32 Å². The fraction of sp³-hybridized carbons (Fsp3) is 0.111. The normalized spacial score (nSPS) is 11.1. The summed E-state index contributed by atoms with van der Waals surface area (Å²) in [6.07, 6.45) is 0. The van der Waals surface area contributed by atoms with Gasteiger partial charge in [0.05, 0.1) is 7.11 Å². The van der Waals surface area contributed by atoms with Gasteiger partial charge in [-0.25, -0.2) is 0 Å². The number of carbonyl (C=O) groups excluding carboxylic acids is 2. The molecule has 0 spiro atoms. The predicted molar refractivity (Wildman–Crippen MR) is 126 cm³/mol. The molecule has 5 aromatic rings. The smallest absolute Gasteiger partial charge is 0.291 e. The second-order valence-corrected chi connectivity index (χ2v) is 7.91. The van der Waals surface area contributed by atoms with Crippen molar-refractivity contribution in [2.24, 2.45) is 0 Å². The number of hydrogen-bond acceptors (Lipinski definition) is 5. The predicted octanol–water partition coefficient (Wildman–Crippen LogP) is 6.29. The first-order valence-corrected chi connectivity index (χ1v) is 10.5. The van der Waals surface area contributed by atoms with Gasteiger partial charge in [0.2, 0.25) is 5.78 Å². The number of hydrogen-bond donors (Lipinski definition) is 1. The topological polar surface area (TPSA) is 81.7 Å². The zero-order valence-electron chi connectivity index (χ0n) is 18.4. The number of para-hydroxylation sites is 1. The van der Waals surface area contributed by atoms with E-state index >= 15 is 0 Å². The SMILES string of the molecule is COc1cccc2cc(C(=O)Nc3ccc4c(C)c(C(=O)c5ccc(C)cc5)oc4c3)oc12. The van der Waals surface area contributed by atoms with Crippen LogP contribution in [0, 0.1) is 13.8 Å². The van der Waals surface area contributed by atoms with E-state index in [1.165, 1.54) is 0 Å². The standard InChI is InChI=1S/C27H21NO5/c1-15-7-9-17(10-8-15)24(29)25-16(2)20-12-11-19(14-22(20)32-25)28-27(30)23-13-18-5-4-6-21(31-3)26(18)33-23/h4-14H,1-3H3,(H,28,30). The zero-order valence-corrected chi connectivity index (χ0v) is 18.4. The van der Waals surface area contributed by atoms with Crippen molar-refractivity contribution in [1.82, 2.24) is 0 Å². The Bertz CT molecular complexity index is 1520. The Morgan fingerprint density at radius 2 is 1.70 bits per heavy atom. The first-order valence-electron chi connectivity index (χ1n) is 10.5. The summed E-state index contributed by atoms with van der Waals surface area (Å²) >= 11 is 0. The molecule has 0 atom stereocenters. The number of ether oxygens (including phenoxy) is 1. The number of benzene rings is 3. The zero-order chi connectivity index (χ0) is 23.1. The van der Waals surface area contributed by atoms with Crippen LogP contribution in [0.3, 0.4) is 0 Å². The summed E-state index contributed by atoms with van der Waals surface area (Å²) in [5, 5.41) is 4.42. The molecule has 2 heterocycles. The molecule has 0 aliphatic rings. The molecular weight excluding hydrogens is 418 g/mol. The van der Waals surface area contributed by atoms with Crippen LogP contribution in [0.15, 0.2) is 75.6 Å². The first-order chi connectivity index (χ1) is 15.9. The van der Waals surface area contributed by atoms with E-state index in [9.17, 15) is 9.59 Å². The summed E-state index contributed by atoms with van der Waals surface area (Å²) in [5.74, 6) is 0.448. The summed E-state index contributed by atoms with van der Waals surface area (Å²) in [6.45, 7) is 3.83. The summed E-state index contributed by atoms with van der Waals surface area (Å²) in [5.41, 5.74) is 3.97. The van der Waals surface area contributed by atoms with Crippen molar-refractivity contribution in [1.29, 1.82) is 0 Å². The quantitative estimate of drug-likeness (QED) is 0.326. The number of carbonyl (C=O) groups is 2. The Balaban J connectivity index is 1.43. The van der Waals surface area contributed by atoms with Gasteiger partial charge in [-0.15, -0.1) is 0 Å². The van der Waals surface area contributed by atoms with E-state index in [-0.39, 0.29) is 11.5 Å². The van der Waals surface area contributed by atoms with Crippen LogP contribution in [0.1, 0.15) is 37.8 Å². The van der Waals surface area contributed by atoms with E-state index in [1.807, 2.05) is 44.2 Å². The van der Waals surface area contributed by atoms with Crippen LogP contribution in [0.5, 0.6) is 5.75 Å². The van der Waals surface area contributed by atoms with Gasteiger partial charge in [-0.1, -0.05) is 42.0 Å². The molecule has 0 bridgehead atoms. The molecule has 6 heteroatoms. The van der Waals surface area contributed by atoms with Gasteiger partial charge in [0.1, 0.15) is 5.58 Å². The van der Waals surface area contributed by atoms with E-state index in [1.54, 1.807) is 43.5 Å². The van der Waals surface area contributed by atoms with Crippen LogP contribution < -0.4 is 10.1 Å². The van der Waals surface area contributed by atoms with Gasteiger partial charge in [-0.05, 0) is 38.1 Å². The minimum atomic E-state index is -0.396. The van der Waals surface area contributed by atoms with Crippen molar-refractivity contribution in [3.63, 3.8) is 0 Å². The molecule has 2 aromatic heterocycles. The summed E-state index contributed by atoms with van der Waals surface area (Å²) in [7, 11) is 1.55. The molecule has 6 nitrogen and oxygen atoms in total. The van der Waals surface area contributed by atoms with Crippen molar-refractivity contribution >= 4 is 39.3 Å². The van der Waals surface area contributed by atoms with Gasteiger partial charge in [-0.2, -0.15) is 0 Å². The van der Waals surface area contributed by atoms with Crippen LogP contribution in [0.25, 0.3) is 21.9 Å². The molecule has 0 unspecified atom stereocenters. The second kappa shape index (κ2) is 7.98. The fourth-order valence-electron chi connectivity index (χ4n) is 3.86. The van der Waals surface area contributed by atoms with Gasteiger partial charge in [0.15, 0.2) is 22.9 Å². The average Bonchev–Trinajstić information content (AvgIpc) is 3.40. The Hall–Kier alpha value is -4.32. The highest BCUT2D eigenvalue weighted by Gasteiger charge is 2.20. The lowest BCUT2D eigenvalue weighted by molar-refractivity contribution is 0.0994. The maximum Gasteiger partial charge on any atom is 0.291 e. The minimum absolute atomic E-state index is 0.167. The van der Waals surface area contributed by atoms with E-state index in [4.69, 9.17) is 13.6 Å². The minimum Gasteiger partial charge on any atom is -0.493 e.